The molecular weight excluding hydrogens is 114 g/mol. The molecule has 0 aliphatic carbocycles. The minimum Gasteiger partial charge on any atom is -0.387 e. The predicted octanol–water partition coefficient (Wildman–Crippen LogP) is 0.917. The van der Waals surface area contributed by atoms with Gasteiger partial charge in [0.05, 0.1) is 5.84 Å². The average molecular weight is 125 g/mol. The van der Waals surface area contributed by atoms with Gasteiger partial charge in [-0.1, -0.05) is 6.58 Å². The van der Waals surface area contributed by atoms with Gasteiger partial charge < -0.3 is 5.73 Å². The summed E-state index contributed by atoms with van der Waals surface area (Å²) < 4.78 is 0. The molecule has 0 saturated heterocycles. The van der Waals surface area contributed by atoms with Crippen molar-refractivity contribution in [3.05, 3.63) is 12.2 Å². The third-order valence-electron chi connectivity index (χ3n) is 0.692. The lowest BCUT2D eigenvalue weighted by atomic mass is 10.3. The lowest BCUT2D eigenvalue weighted by Crippen LogP contribution is -2.08. The van der Waals surface area contributed by atoms with E-state index in [4.69, 9.17) is 11.1 Å². The molecule has 0 heterocycles. The maximum Gasteiger partial charge on any atom is 0.148 e. The Balaban J connectivity index is 4.09. The van der Waals surface area contributed by atoms with Crippen LogP contribution >= 0.6 is 0 Å². The van der Waals surface area contributed by atoms with Crippen LogP contribution in [0, 0.1) is 5.41 Å². The molecule has 0 aliphatic heterocycles. The fourth-order valence-corrected chi connectivity index (χ4v) is 0.272. The number of aliphatic imine (C=N–C) groups is 1. The highest BCUT2D eigenvalue weighted by Gasteiger charge is 1.91. The molecule has 0 fully saturated rings. The summed E-state index contributed by atoms with van der Waals surface area (Å²) in [4.78, 5) is 3.66. The Labute approximate surface area is 54.8 Å². The zero-order chi connectivity index (χ0) is 7.44. The molecule has 0 saturated carbocycles. The third-order valence-corrected chi connectivity index (χ3v) is 0.692. The largest absolute Gasteiger partial charge is 0.387 e. The van der Waals surface area contributed by atoms with Crippen molar-refractivity contribution < 1.29 is 0 Å². The van der Waals surface area contributed by atoms with Crippen molar-refractivity contribution in [3.8, 4) is 0 Å². The third kappa shape index (κ3) is 3.46. The molecule has 0 rings (SSSR count). The van der Waals surface area contributed by atoms with Crippen LogP contribution in [0.1, 0.15) is 13.8 Å². The maximum atomic E-state index is 7.11. The van der Waals surface area contributed by atoms with E-state index < -0.39 is 0 Å². The van der Waals surface area contributed by atoms with Gasteiger partial charge in [0.15, 0.2) is 0 Å². The fourth-order valence-electron chi connectivity index (χ4n) is 0.272. The van der Waals surface area contributed by atoms with Crippen molar-refractivity contribution in [2.75, 3.05) is 0 Å². The zero-order valence-electron chi connectivity index (χ0n) is 5.73. The van der Waals surface area contributed by atoms with Crippen LogP contribution in [0.3, 0.4) is 0 Å². The Morgan fingerprint density at radius 1 is 1.56 bits per heavy atom. The molecule has 0 amide bonds. The molecule has 0 aliphatic rings. The van der Waals surface area contributed by atoms with E-state index in [0.717, 1.165) is 0 Å². The first kappa shape index (κ1) is 7.88. The molecule has 0 aromatic rings. The van der Waals surface area contributed by atoms with E-state index >= 15 is 0 Å². The van der Waals surface area contributed by atoms with Crippen molar-refractivity contribution in [1.82, 2.24) is 0 Å². The van der Waals surface area contributed by atoms with E-state index in [1.165, 1.54) is 0 Å². The Bertz CT molecular complexity index is 163. The Morgan fingerprint density at radius 2 is 2.00 bits per heavy atom. The summed E-state index contributed by atoms with van der Waals surface area (Å²) in [6, 6.07) is 0. The van der Waals surface area contributed by atoms with Gasteiger partial charge in [-0.2, -0.15) is 0 Å². The predicted molar refractivity (Wildman–Crippen MR) is 39.8 cm³/mol. The molecule has 50 valence electrons. The highest BCUT2D eigenvalue weighted by molar-refractivity contribution is 6.02. The first-order valence-electron chi connectivity index (χ1n) is 2.59. The summed E-state index contributed by atoms with van der Waals surface area (Å²) in [5, 5.41) is 7.11. The van der Waals surface area contributed by atoms with Crippen LogP contribution in [-0.4, -0.2) is 11.7 Å². The highest BCUT2D eigenvalue weighted by Crippen LogP contribution is 1.90. The molecule has 0 aromatic heterocycles. The van der Waals surface area contributed by atoms with Crippen molar-refractivity contribution in [2.45, 2.75) is 13.8 Å². The molecule has 0 radical (unpaired) electrons. The minimum atomic E-state index is 0.148. The maximum absolute atomic E-state index is 7.11. The number of rotatable bonds is 1. The molecule has 0 unspecified atom stereocenters. The van der Waals surface area contributed by atoms with Gasteiger partial charge >= 0.3 is 0 Å². The first-order valence-corrected chi connectivity index (χ1v) is 2.59. The van der Waals surface area contributed by atoms with Crippen LogP contribution in [0.5, 0.6) is 0 Å². The summed E-state index contributed by atoms with van der Waals surface area (Å²) in [5.41, 5.74) is 5.82. The lowest BCUT2D eigenvalue weighted by Gasteiger charge is -1.93. The standard InChI is InChI=1S/C6H11N3/c1-4(2)6(8)9-5(3)7/h1H2,2-3H3,(H3,7,8,9). The number of hydrogen-bond donors (Lipinski definition) is 2. The fraction of sp³-hybridized carbons (Fsp3) is 0.333. The highest BCUT2D eigenvalue weighted by atomic mass is 14.9. The number of hydrogen-bond acceptors (Lipinski definition) is 1. The number of nitrogens with one attached hydrogen (secondary N) is 1. The van der Waals surface area contributed by atoms with Gasteiger partial charge in [0.1, 0.15) is 5.84 Å². The molecular formula is C6H11N3. The van der Waals surface area contributed by atoms with Crippen molar-refractivity contribution in [1.29, 1.82) is 5.41 Å². The van der Waals surface area contributed by atoms with E-state index in [1.807, 2.05) is 0 Å². The van der Waals surface area contributed by atoms with Gasteiger partial charge in [0.25, 0.3) is 0 Å². The van der Waals surface area contributed by atoms with Gasteiger partial charge in [-0.3, -0.25) is 5.41 Å². The van der Waals surface area contributed by atoms with Gasteiger partial charge in [0.2, 0.25) is 0 Å². The van der Waals surface area contributed by atoms with Crippen LogP contribution in [0.4, 0.5) is 0 Å². The Morgan fingerprint density at radius 3 is 2.11 bits per heavy atom. The number of amidine groups is 2. The van der Waals surface area contributed by atoms with Crippen LogP contribution in [0.25, 0.3) is 0 Å². The monoisotopic (exact) mass is 125 g/mol. The molecule has 0 aromatic carbocycles. The summed E-state index contributed by atoms with van der Waals surface area (Å²) in [6.45, 7) is 6.87. The lowest BCUT2D eigenvalue weighted by molar-refractivity contribution is 1.38. The second-order valence-electron chi connectivity index (χ2n) is 1.88. The topological polar surface area (TPSA) is 62.2 Å². The molecule has 0 bridgehead atoms. The van der Waals surface area contributed by atoms with E-state index in [-0.39, 0.29) is 5.84 Å². The van der Waals surface area contributed by atoms with Gasteiger partial charge in [-0.15, -0.1) is 0 Å². The SMILES string of the molecule is C=C(C)C(=N)N=C(C)N. The van der Waals surface area contributed by atoms with Crippen molar-refractivity contribution in [3.63, 3.8) is 0 Å². The molecule has 0 atom stereocenters. The van der Waals surface area contributed by atoms with Crippen LogP contribution < -0.4 is 5.73 Å². The van der Waals surface area contributed by atoms with E-state index in [2.05, 4.69) is 11.6 Å². The molecule has 9 heavy (non-hydrogen) atoms. The summed E-state index contributed by atoms with van der Waals surface area (Å²) in [6.07, 6.45) is 0. The van der Waals surface area contributed by atoms with Crippen molar-refractivity contribution in [2.24, 2.45) is 10.7 Å². The van der Waals surface area contributed by atoms with Crippen molar-refractivity contribution >= 4 is 11.7 Å². The second kappa shape index (κ2) is 3.02. The first-order chi connectivity index (χ1) is 4.04. The van der Waals surface area contributed by atoms with Gasteiger partial charge in [-0.25, -0.2) is 4.99 Å². The van der Waals surface area contributed by atoms with E-state index in [0.29, 0.717) is 11.4 Å². The average Bonchev–Trinajstić information content (AvgIpc) is 1.63. The van der Waals surface area contributed by atoms with E-state index in [1.54, 1.807) is 13.8 Å². The van der Waals surface area contributed by atoms with Crippen LogP contribution in [-0.2, 0) is 0 Å². The summed E-state index contributed by atoms with van der Waals surface area (Å²) >= 11 is 0. The zero-order valence-corrected chi connectivity index (χ0v) is 5.73. The summed E-state index contributed by atoms with van der Waals surface area (Å²) in [5.74, 6) is 0.540. The second-order valence-corrected chi connectivity index (χ2v) is 1.88. The normalized spacial score (nSPS) is 11.1. The summed E-state index contributed by atoms with van der Waals surface area (Å²) in [7, 11) is 0. The number of nitrogens with zero attached hydrogens (tertiary/aromatic N) is 1. The minimum absolute atomic E-state index is 0.148. The Kier molecular flexibility index (Phi) is 2.64. The Hall–Kier alpha value is -1.12. The smallest absolute Gasteiger partial charge is 0.148 e. The molecule has 3 heteroatoms. The van der Waals surface area contributed by atoms with Gasteiger partial charge in [-0.05, 0) is 19.4 Å². The van der Waals surface area contributed by atoms with Gasteiger partial charge in [0, 0.05) is 0 Å². The van der Waals surface area contributed by atoms with Crippen LogP contribution in [0.15, 0.2) is 17.1 Å². The molecule has 3 N–H and O–H groups in total. The number of nitrogens with two attached hydrogens (primary N) is 1. The quantitative estimate of drug-likeness (QED) is 0.397. The van der Waals surface area contributed by atoms with E-state index in [9.17, 15) is 0 Å². The molecule has 0 spiro atoms. The van der Waals surface area contributed by atoms with Crippen LogP contribution in [0.2, 0.25) is 0 Å². The molecule has 3 nitrogen and oxygen atoms in total.